The summed E-state index contributed by atoms with van der Waals surface area (Å²) in [6.45, 7) is 5.35. The van der Waals surface area contributed by atoms with Crippen LogP contribution < -0.4 is 10.1 Å². The van der Waals surface area contributed by atoms with E-state index in [1.807, 2.05) is 24.3 Å². The van der Waals surface area contributed by atoms with Gasteiger partial charge in [0, 0.05) is 53.9 Å². The van der Waals surface area contributed by atoms with E-state index in [4.69, 9.17) is 9.47 Å². The molecule has 2 amide bonds. The van der Waals surface area contributed by atoms with Gasteiger partial charge in [-0.25, -0.2) is 4.79 Å². The number of hydrogen-bond donors (Lipinski definition) is 1. The van der Waals surface area contributed by atoms with Crippen molar-refractivity contribution in [3.05, 3.63) is 29.8 Å². The van der Waals surface area contributed by atoms with Crippen molar-refractivity contribution in [3.63, 3.8) is 0 Å². The molecule has 1 aliphatic rings. The molecule has 2 rings (SSSR count). The van der Waals surface area contributed by atoms with Crippen LogP contribution in [0.4, 0.5) is 4.79 Å². The van der Waals surface area contributed by atoms with Gasteiger partial charge in [0.05, 0.1) is 6.61 Å². The Labute approximate surface area is 195 Å². The van der Waals surface area contributed by atoms with Gasteiger partial charge in [0.25, 0.3) is 5.91 Å². The maximum atomic E-state index is 11.8. The molecule has 1 N–H and O–H groups in total. The van der Waals surface area contributed by atoms with E-state index in [-0.39, 0.29) is 42.6 Å². The highest BCUT2D eigenvalue weighted by atomic mass is 127. The second-order valence-corrected chi connectivity index (χ2v) is 6.80. The zero-order chi connectivity index (χ0) is 21.2. The molecular formula is C20H32IN5O4. The molecule has 168 valence electrons. The van der Waals surface area contributed by atoms with Crippen LogP contribution >= 0.6 is 24.0 Å². The minimum atomic E-state index is -0.264. The van der Waals surface area contributed by atoms with Crippen molar-refractivity contribution in [1.82, 2.24) is 20.0 Å². The number of piperazine rings is 1. The molecule has 0 aliphatic carbocycles. The first-order valence-electron chi connectivity index (χ1n) is 9.73. The van der Waals surface area contributed by atoms with Crippen LogP contribution in [0.15, 0.2) is 29.3 Å². The minimum Gasteiger partial charge on any atom is -0.484 e. The summed E-state index contributed by atoms with van der Waals surface area (Å²) in [4.78, 5) is 33.2. The standard InChI is InChI=1S/C20H31N5O4.HI/c1-5-28-20(27)25-11-9-24(10-12-25)19(21-2)22-14-16-7-6-8-17(13-16)29-15-18(26)23(3)4;/h6-8,13H,5,9-12,14-15H2,1-4H3,(H,21,22);1H. The highest BCUT2D eigenvalue weighted by Crippen LogP contribution is 2.13. The third kappa shape index (κ3) is 7.88. The smallest absolute Gasteiger partial charge is 0.409 e. The van der Waals surface area contributed by atoms with Gasteiger partial charge in [-0.15, -0.1) is 24.0 Å². The van der Waals surface area contributed by atoms with Gasteiger partial charge >= 0.3 is 6.09 Å². The Bertz CT molecular complexity index is 721. The lowest BCUT2D eigenvalue weighted by Crippen LogP contribution is -2.53. The van der Waals surface area contributed by atoms with E-state index < -0.39 is 0 Å². The highest BCUT2D eigenvalue weighted by molar-refractivity contribution is 14.0. The lowest BCUT2D eigenvalue weighted by atomic mass is 10.2. The first-order valence-corrected chi connectivity index (χ1v) is 9.73. The van der Waals surface area contributed by atoms with Crippen LogP contribution in [0, 0.1) is 0 Å². The zero-order valence-electron chi connectivity index (χ0n) is 18.1. The van der Waals surface area contributed by atoms with Crippen molar-refractivity contribution in [1.29, 1.82) is 0 Å². The first kappa shape index (κ1) is 25.8. The third-order valence-electron chi connectivity index (χ3n) is 4.53. The molecule has 0 radical (unpaired) electrons. The largest absolute Gasteiger partial charge is 0.484 e. The number of amides is 2. The van der Waals surface area contributed by atoms with Gasteiger partial charge in [0.15, 0.2) is 12.6 Å². The van der Waals surface area contributed by atoms with Gasteiger partial charge in [0.1, 0.15) is 5.75 Å². The van der Waals surface area contributed by atoms with Crippen molar-refractivity contribution in [3.8, 4) is 5.75 Å². The number of aliphatic imine (C=N–C) groups is 1. The number of ether oxygens (including phenoxy) is 2. The molecule has 1 fully saturated rings. The number of likely N-dealkylation sites (N-methyl/N-ethyl adjacent to an activating group) is 1. The summed E-state index contributed by atoms with van der Waals surface area (Å²) < 4.78 is 10.6. The van der Waals surface area contributed by atoms with E-state index in [1.54, 1.807) is 33.0 Å². The Kier molecular flexibility index (Phi) is 11.3. The van der Waals surface area contributed by atoms with E-state index in [0.717, 1.165) is 11.5 Å². The first-order chi connectivity index (χ1) is 13.9. The van der Waals surface area contributed by atoms with Crippen molar-refractivity contribution >= 4 is 41.9 Å². The van der Waals surface area contributed by atoms with Crippen molar-refractivity contribution in [2.45, 2.75) is 13.5 Å². The highest BCUT2D eigenvalue weighted by Gasteiger charge is 2.23. The van der Waals surface area contributed by atoms with E-state index in [1.165, 1.54) is 4.90 Å². The molecule has 0 bridgehead atoms. The van der Waals surface area contributed by atoms with E-state index in [0.29, 0.717) is 45.1 Å². The van der Waals surface area contributed by atoms with Crippen LogP contribution in [0.5, 0.6) is 5.75 Å². The van der Waals surface area contributed by atoms with Crippen molar-refractivity contribution < 1.29 is 19.1 Å². The van der Waals surface area contributed by atoms with Crippen LogP contribution in [0.2, 0.25) is 0 Å². The lowest BCUT2D eigenvalue weighted by molar-refractivity contribution is -0.130. The fourth-order valence-corrected chi connectivity index (χ4v) is 2.85. The number of rotatable bonds is 6. The van der Waals surface area contributed by atoms with Crippen molar-refractivity contribution in [2.24, 2.45) is 4.99 Å². The van der Waals surface area contributed by atoms with Crippen molar-refractivity contribution in [2.75, 3.05) is 60.5 Å². The molecule has 10 heteroatoms. The molecule has 1 aromatic rings. The maximum absolute atomic E-state index is 11.8. The number of carbonyl (C=O) groups excluding carboxylic acids is 2. The molecule has 9 nitrogen and oxygen atoms in total. The number of benzene rings is 1. The minimum absolute atomic E-state index is 0. The monoisotopic (exact) mass is 533 g/mol. The van der Waals surface area contributed by atoms with Crippen LogP contribution in [-0.2, 0) is 16.1 Å². The summed E-state index contributed by atoms with van der Waals surface area (Å²) in [5, 5.41) is 3.35. The molecule has 1 aromatic carbocycles. The Morgan fingerprint density at radius 1 is 1.17 bits per heavy atom. The number of carbonyl (C=O) groups is 2. The summed E-state index contributed by atoms with van der Waals surface area (Å²) in [6, 6.07) is 7.62. The Morgan fingerprint density at radius 3 is 2.43 bits per heavy atom. The van der Waals surface area contributed by atoms with Gasteiger partial charge in [-0.2, -0.15) is 0 Å². The SMILES string of the molecule is CCOC(=O)N1CCN(C(=NC)NCc2cccc(OCC(=O)N(C)C)c2)CC1.I. The van der Waals surface area contributed by atoms with Crippen LogP contribution in [0.1, 0.15) is 12.5 Å². The second-order valence-electron chi connectivity index (χ2n) is 6.80. The van der Waals surface area contributed by atoms with E-state index in [2.05, 4.69) is 15.2 Å². The summed E-state index contributed by atoms with van der Waals surface area (Å²) >= 11 is 0. The van der Waals surface area contributed by atoms with Gasteiger partial charge in [-0.05, 0) is 24.6 Å². The average molecular weight is 533 g/mol. The molecule has 0 aromatic heterocycles. The quantitative estimate of drug-likeness (QED) is 0.340. The van der Waals surface area contributed by atoms with Crippen LogP contribution in [-0.4, -0.2) is 93.2 Å². The number of guanidine groups is 1. The Balaban J connectivity index is 0.00000450. The summed E-state index contributed by atoms with van der Waals surface area (Å²) in [5.74, 6) is 1.34. The van der Waals surface area contributed by atoms with Gasteiger partial charge in [-0.1, -0.05) is 12.1 Å². The fraction of sp³-hybridized carbons (Fsp3) is 0.550. The molecule has 0 unspecified atom stereocenters. The molecule has 1 saturated heterocycles. The predicted molar refractivity (Wildman–Crippen MR) is 126 cm³/mol. The second kappa shape index (κ2) is 13.1. The molecule has 0 atom stereocenters. The van der Waals surface area contributed by atoms with Gasteiger partial charge in [0.2, 0.25) is 0 Å². The number of nitrogens with one attached hydrogen (secondary N) is 1. The van der Waals surface area contributed by atoms with Crippen LogP contribution in [0.3, 0.4) is 0 Å². The van der Waals surface area contributed by atoms with Gasteiger partial charge < -0.3 is 29.5 Å². The topological polar surface area (TPSA) is 86.7 Å². The Morgan fingerprint density at radius 2 is 1.83 bits per heavy atom. The summed E-state index contributed by atoms with van der Waals surface area (Å²) in [7, 11) is 5.14. The number of hydrogen-bond acceptors (Lipinski definition) is 5. The lowest BCUT2D eigenvalue weighted by Gasteiger charge is -2.35. The molecule has 30 heavy (non-hydrogen) atoms. The zero-order valence-corrected chi connectivity index (χ0v) is 20.4. The predicted octanol–water partition coefficient (Wildman–Crippen LogP) is 1.62. The molecular weight excluding hydrogens is 501 g/mol. The molecule has 0 spiro atoms. The number of halogens is 1. The normalized spacial score (nSPS) is 13.9. The number of nitrogens with zero attached hydrogens (tertiary/aromatic N) is 4. The third-order valence-corrected chi connectivity index (χ3v) is 4.53. The average Bonchev–Trinajstić information content (AvgIpc) is 2.73. The molecule has 1 aliphatic heterocycles. The maximum Gasteiger partial charge on any atom is 0.409 e. The van der Waals surface area contributed by atoms with Crippen LogP contribution in [0.25, 0.3) is 0 Å². The summed E-state index contributed by atoms with van der Waals surface area (Å²) in [5.41, 5.74) is 1.02. The summed E-state index contributed by atoms with van der Waals surface area (Å²) in [6.07, 6.45) is -0.264. The molecule has 0 saturated carbocycles. The van der Waals surface area contributed by atoms with Gasteiger partial charge in [-0.3, -0.25) is 9.79 Å². The molecule has 1 heterocycles. The van der Waals surface area contributed by atoms with E-state index >= 15 is 0 Å². The fourth-order valence-electron chi connectivity index (χ4n) is 2.85. The van der Waals surface area contributed by atoms with E-state index in [9.17, 15) is 9.59 Å². The Hall–Kier alpha value is -2.24.